The first-order valence-corrected chi connectivity index (χ1v) is 6.24. The molecule has 94 valence electrons. The first-order valence-electron chi connectivity index (χ1n) is 5.86. The number of carbonyl (C=O) groups excluding carboxylic acids is 2. The molecule has 0 unspecified atom stereocenters. The van der Waals surface area contributed by atoms with E-state index in [0.717, 1.165) is 12.8 Å². The zero-order chi connectivity index (χ0) is 13.1. The number of ether oxygens (including phenoxy) is 1. The predicted octanol–water partition coefficient (Wildman–Crippen LogP) is 3.42. The van der Waals surface area contributed by atoms with Crippen LogP contribution in [0.15, 0.2) is 30.0 Å². The van der Waals surface area contributed by atoms with E-state index in [1.54, 1.807) is 12.1 Å². The van der Waals surface area contributed by atoms with Gasteiger partial charge in [-0.25, -0.2) is 0 Å². The molecule has 3 nitrogen and oxygen atoms in total. The van der Waals surface area contributed by atoms with Crippen LogP contribution in [0.2, 0.25) is 5.02 Å². The van der Waals surface area contributed by atoms with E-state index in [1.165, 1.54) is 12.1 Å². The molecule has 0 spiro atoms. The van der Waals surface area contributed by atoms with Gasteiger partial charge in [0.15, 0.2) is 11.5 Å². The van der Waals surface area contributed by atoms with Gasteiger partial charge in [-0.15, -0.1) is 0 Å². The smallest absolute Gasteiger partial charge is 0.228 e. The van der Waals surface area contributed by atoms with E-state index in [0.29, 0.717) is 22.8 Å². The lowest BCUT2D eigenvalue weighted by Crippen LogP contribution is -2.19. The highest BCUT2D eigenvalue weighted by Gasteiger charge is 2.26. The highest BCUT2D eigenvalue weighted by atomic mass is 35.5. The van der Waals surface area contributed by atoms with Crippen LogP contribution in [0.1, 0.15) is 40.5 Å². The summed E-state index contributed by atoms with van der Waals surface area (Å²) in [5, 5.41) is 0.443. The number of rotatable bonds is 4. The summed E-state index contributed by atoms with van der Waals surface area (Å²) in [7, 11) is 0. The lowest BCUT2D eigenvalue weighted by atomic mass is 9.94. The summed E-state index contributed by atoms with van der Waals surface area (Å²) in [5.74, 6) is -0.362. The third-order valence-corrected chi connectivity index (χ3v) is 2.97. The van der Waals surface area contributed by atoms with E-state index in [9.17, 15) is 9.59 Å². The van der Waals surface area contributed by atoms with Crippen LogP contribution in [0, 0.1) is 0 Å². The fourth-order valence-corrected chi connectivity index (χ4v) is 1.92. The summed E-state index contributed by atoms with van der Waals surface area (Å²) in [4.78, 5) is 23.9. The van der Waals surface area contributed by atoms with Crippen molar-refractivity contribution in [1.29, 1.82) is 0 Å². The molecule has 0 radical (unpaired) electrons. The molecule has 0 atom stereocenters. The second-order valence-corrected chi connectivity index (χ2v) is 4.53. The van der Waals surface area contributed by atoms with Crippen LogP contribution in [-0.2, 0) is 4.74 Å². The van der Waals surface area contributed by atoms with Gasteiger partial charge in [-0.05, 0) is 24.6 Å². The summed E-state index contributed by atoms with van der Waals surface area (Å²) in [6.07, 6.45) is 3.07. The van der Waals surface area contributed by atoms with Gasteiger partial charge in [-0.3, -0.25) is 9.59 Å². The fraction of sp³-hybridized carbons (Fsp3) is 0.286. The van der Waals surface area contributed by atoms with Crippen molar-refractivity contribution in [2.75, 3.05) is 6.61 Å². The Balaban J connectivity index is 2.27. The van der Waals surface area contributed by atoms with Crippen LogP contribution in [0.4, 0.5) is 0 Å². The molecule has 0 aliphatic heterocycles. The van der Waals surface area contributed by atoms with Crippen molar-refractivity contribution in [2.45, 2.75) is 19.8 Å². The fourth-order valence-electron chi connectivity index (χ4n) is 1.75. The molecule has 1 aliphatic rings. The van der Waals surface area contributed by atoms with E-state index in [2.05, 4.69) is 0 Å². The first kappa shape index (κ1) is 12.8. The standard InChI is InChI=1S/C14H13ClO3/c1-2-3-6-18-13-8-12(16)11-7-9(15)4-5-10(11)14(13)17/h4-5,7-8H,2-3,6H2,1H3. The van der Waals surface area contributed by atoms with Crippen LogP contribution in [0.5, 0.6) is 0 Å². The van der Waals surface area contributed by atoms with Gasteiger partial charge in [0.2, 0.25) is 5.78 Å². The van der Waals surface area contributed by atoms with Crippen LogP contribution in [0.25, 0.3) is 0 Å². The molecule has 0 amide bonds. The second kappa shape index (κ2) is 5.36. The summed E-state index contributed by atoms with van der Waals surface area (Å²) in [6, 6.07) is 4.67. The van der Waals surface area contributed by atoms with Gasteiger partial charge in [0, 0.05) is 22.2 Å². The molecular formula is C14H13ClO3. The van der Waals surface area contributed by atoms with Crippen LogP contribution in [-0.4, -0.2) is 18.2 Å². The maximum absolute atomic E-state index is 12.1. The van der Waals surface area contributed by atoms with Gasteiger partial charge >= 0.3 is 0 Å². The number of benzene rings is 1. The van der Waals surface area contributed by atoms with E-state index in [4.69, 9.17) is 16.3 Å². The van der Waals surface area contributed by atoms with Gasteiger partial charge in [-0.1, -0.05) is 24.9 Å². The minimum atomic E-state index is -0.252. The zero-order valence-electron chi connectivity index (χ0n) is 10.0. The van der Waals surface area contributed by atoms with Gasteiger partial charge in [0.25, 0.3) is 0 Å². The minimum absolute atomic E-state index is 0.128. The maximum Gasteiger partial charge on any atom is 0.228 e. The SMILES string of the molecule is CCCCOC1=CC(=O)c2cc(Cl)ccc2C1=O. The maximum atomic E-state index is 12.1. The van der Waals surface area contributed by atoms with Crippen molar-refractivity contribution in [3.05, 3.63) is 46.2 Å². The van der Waals surface area contributed by atoms with Gasteiger partial charge < -0.3 is 4.74 Å². The Morgan fingerprint density at radius 1 is 1.22 bits per heavy atom. The van der Waals surface area contributed by atoms with Crippen LogP contribution in [0.3, 0.4) is 0 Å². The largest absolute Gasteiger partial charge is 0.489 e. The topological polar surface area (TPSA) is 43.4 Å². The minimum Gasteiger partial charge on any atom is -0.489 e. The Kier molecular flexibility index (Phi) is 3.82. The Hall–Kier alpha value is -1.61. The molecular weight excluding hydrogens is 252 g/mol. The van der Waals surface area contributed by atoms with Gasteiger partial charge in [-0.2, -0.15) is 0 Å². The number of fused-ring (bicyclic) bond motifs is 1. The van der Waals surface area contributed by atoms with Crippen LogP contribution < -0.4 is 0 Å². The quantitative estimate of drug-likeness (QED) is 0.783. The van der Waals surface area contributed by atoms with E-state index in [1.807, 2.05) is 6.92 Å². The van der Waals surface area contributed by atoms with Crippen molar-refractivity contribution in [2.24, 2.45) is 0 Å². The van der Waals surface area contributed by atoms with E-state index >= 15 is 0 Å². The number of unbranched alkanes of at least 4 members (excludes halogenated alkanes) is 1. The third kappa shape index (κ3) is 2.46. The lowest BCUT2D eigenvalue weighted by Gasteiger charge is -2.15. The summed E-state index contributed by atoms with van der Waals surface area (Å²) in [6.45, 7) is 2.48. The molecule has 0 fully saturated rings. The number of allylic oxidation sites excluding steroid dienone is 2. The molecule has 1 aromatic carbocycles. The average molecular weight is 265 g/mol. The number of halogens is 1. The second-order valence-electron chi connectivity index (χ2n) is 4.09. The Labute approximate surface area is 110 Å². The Morgan fingerprint density at radius 2 is 2.00 bits per heavy atom. The Bertz CT molecular complexity index is 532. The molecule has 0 saturated heterocycles. The summed E-state index contributed by atoms with van der Waals surface area (Å²) < 4.78 is 5.35. The third-order valence-electron chi connectivity index (χ3n) is 2.73. The average Bonchev–Trinajstić information content (AvgIpc) is 2.35. The lowest BCUT2D eigenvalue weighted by molar-refractivity contribution is 0.0880. The van der Waals surface area contributed by atoms with E-state index in [-0.39, 0.29) is 17.3 Å². The molecule has 18 heavy (non-hydrogen) atoms. The monoisotopic (exact) mass is 264 g/mol. The molecule has 0 saturated carbocycles. The van der Waals surface area contributed by atoms with Crippen molar-refractivity contribution in [3.63, 3.8) is 0 Å². The molecule has 2 rings (SSSR count). The van der Waals surface area contributed by atoms with Crippen molar-refractivity contribution in [1.82, 2.24) is 0 Å². The normalized spacial score (nSPS) is 14.2. The molecule has 1 aromatic rings. The molecule has 1 aliphatic carbocycles. The molecule has 0 heterocycles. The molecule has 0 aromatic heterocycles. The number of Topliss-reactive ketones (excluding diaryl/α,β-unsaturated/α-hetero) is 1. The highest BCUT2D eigenvalue weighted by molar-refractivity contribution is 6.32. The number of carbonyl (C=O) groups is 2. The van der Waals surface area contributed by atoms with Crippen LogP contribution >= 0.6 is 11.6 Å². The van der Waals surface area contributed by atoms with Crippen molar-refractivity contribution < 1.29 is 14.3 Å². The number of hydrogen-bond donors (Lipinski definition) is 0. The van der Waals surface area contributed by atoms with E-state index < -0.39 is 0 Å². The number of hydrogen-bond acceptors (Lipinski definition) is 3. The summed E-state index contributed by atoms with van der Waals surface area (Å²) in [5.41, 5.74) is 0.703. The molecule has 0 bridgehead atoms. The van der Waals surface area contributed by atoms with Gasteiger partial charge in [0.05, 0.1) is 6.61 Å². The zero-order valence-corrected chi connectivity index (χ0v) is 10.8. The first-order chi connectivity index (χ1) is 8.63. The number of ketones is 2. The predicted molar refractivity (Wildman–Crippen MR) is 69.1 cm³/mol. The van der Waals surface area contributed by atoms with Gasteiger partial charge in [0.1, 0.15) is 0 Å². The van der Waals surface area contributed by atoms with Crippen molar-refractivity contribution >= 4 is 23.2 Å². The Morgan fingerprint density at radius 3 is 2.72 bits per heavy atom. The van der Waals surface area contributed by atoms with Crippen molar-refractivity contribution in [3.8, 4) is 0 Å². The summed E-state index contributed by atoms with van der Waals surface area (Å²) >= 11 is 5.81. The highest BCUT2D eigenvalue weighted by Crippen LogP contribution is 2.24. The molecule has 0 N–H and O–H groups in total. The molecule has 4 heteroatoms.